The van der Waals surface area contributed by atoms with Crippen LogP contribution in [0.1, 0.15) is 12.0 Å². The number of aliphatic hydroxyl groups is 2. The molecule has 2 aliphatic rings. The van der Waals surface area contributed by atoms with Gasteiger partial charge in [-0.25, -0.2) is 9.37 Å². The average Bonchev–Trinajstić information content (AvgIpc) is 3.59. The molecule has 186 valence electrons. The van der Waals surface area contributed by atoms with Crippen molar-refractivity contribution in [1.29, 1.82) is 0 Å². The van der Waals surface area contributed by atoms with Crippen LogP contribution in [0.4, 0.5) is 4.39 Å². The molecule has 0 spiro atoms. The van der Waals surface area contributed by atoms with Gasteiger partial charge in [-0.15, -0.1) is 0 Å². The summed E-state index contributed by atoms with van der Waals surface area (Å²) in [6.45, 7) is 0.728. The molecule has 2 fully saturated rings. The molecule has 4 heterocycles. The summed E-state index contributed by atoms with van der Waals surface area (Å²) >= 11 is 0. The number of fused-ring (bicyclic) bond motifs is 2. The fourth-order valence-electron chi connectivity index (χ4n) is 4.95. The fourth-order valence-corrected chi connectivity index (χ4v) is 4.95. The zero-order valence-electron chi connectivity index (χ0n) is 19.6. The third-order valence-electron chi connectivity index (χ3n) is 6.86. The zero-order chi connectivity index (χ0) is 24.6. The topological polar surface area (TPSA) is 96.8 Å². The van der Waals surface area contributed by atoms with Gasteiger partial charge in [0.2, 0.25) is 0 Å². The van der Waals surface area contributed by atoms with Crippen LogP contribution in [0.25, 0.3) is 33.4 Å². The largest absolute Gasteiger partial charge is 0.470 e. The summed E-state index contributed by atoms with van der Waals surface area (Å²) in [4.78, 5) is 7.62. The van der Waals surface area contributed by atoms with Crippen LogP contribution in [0.15, 0.2) is 60.7 Å². The highest BCUT2D eigenvalue weighted by atomic mass is 19.1. The molecule has 0 bridgehead atoms. The monoisotopic (exact) mass is 490 g/mol. The second-order valence-corrected chi connectivity index (χ2v) is 9.31. The quantitative estimate of drug-likeness (QED) is 0.364. The number of hydrogen-bond donors (Lipinski definition) is 3. The van der Waals surface area contributed by atoms with E-state index in [1.807, 2.05) is 24.3 Å². The number of nitrogens with one attached hydrogen (secondary N) is 1. The van der Waals surface area contributed by atoms with E-state index in [4.69, 9.17) is 19.3 Å². The van der Waals surface area contributed by atoms with Gasteiger partial charge in [-0.2, -0.15) is 0 Å². The third-order valence-corrected chi connectivity index (χ3v) is 6.86. The highest BCUT2D eigenvalue weighted by Gasteiger charge is 2.48. The van der Waals surface area contributed by atoms with Gasteiger partial charge in [0.25, 0.3) is 0 Å². The van der Waals surface area contributed by atoms with Crippen LogP contribution in [0.2, 0.25) is 0 Å². The molecule has 3 N–H and O–H groups in total. The molecule has 2 saturated heterocycles. The van der Waals surface area contributed by atoms with Crippen molar-refractivity contribution in [1.82, 2.24) is 9.97 Å². The summed E-state index contributed by atoms with van der Waals surface area (Å²) in [6.07, 6.45) is -0.120. The molecule has 0 saturated carbocycles. The molecule has 36 heavy (non-hydrogen) atoms. The predicted molar refractivity (Wildman–Crippen MR) is 132 cm³/mol. The van der Waals surface area contributed by atoms with Crippen LogP contribution in [0.3, 0.4) is 0 Å². The first kappa shape index (κ1) is 23.1. The van der Waals surface area contributed by atoms with Crippen molar-refractivity contribution in [3.05, 3.63) is 72.0 Å². The lowest BCUT2D eigenvalue weighted by molar-refractivity contribution is 0.00794. The maximum atomic E-state index is 15.0. The van der Waals surface area contributed by atoms with Crippen molar-refractivity contribution < 1.29 is 28.8 Å². The minimum atomic E-state index is -0.646. The van der Waals surface area contributed by atoms with Crippen molar-refractivity contribution >= 4 is 11.0 Å². The van der Waals surface area contributed by atoms with Gasteiger partial charge in [0, 0.05) is 24.3 Å². The Morgan fingerprint density at radius 2 is 1.64 bits per heavy atom. The summed E-state index contributed by atoms with van der Waals surface area (Å²) in [7, 11) is 0. The van der Waals surface area contributed by atoms with Crippen LogP contribution < -0.4 is 4.74 Å². The van der Waals surface area contributed by atoms with E-state index in [2.05, 4.69) is 34.2 Å². The Morgan fingerprint density at radius 3 is 2.39 bits per heavy atom. The minimum Gasteiger partial charge on any atom is -0.470 e. The molecule has 4 aromatic rings. The van der Waals surface area contributed by atoms with Crippen LogP contribution in [-0.2, 0) is 15.9 Å². The number of pyridine rings is 1. The summed E-state index contributed by atoms with van der Waals surface area (Å²) in [5.74, 6) is 0.0227. The highest BCUT2D eigenvalue weighted by molar-refractivity contribution is 5.81. The van der Waals surface area contributed by atoms with Gasteiger partial charge >= 0.3 is 0 Å². The molecule has 2 aliphatic heterocycles. The van der Waals surface area contributed by atoms with Crippen LogP contribution in [0, 0.1) is 5.82 Å². The van der Waals surface area contributed by atoms with Crippen molar-refractivity contribution in [3.8, 4) is 28.3 Å². The third kappa shape index (κ3) is 4.37. The van der Waals surface area contributed by atoms with Gasteiger partial charge < -0.3 is 29.4 Å². The van der Waals surface area contributed by atoms with Crippen LogP contribution >= 0.6 is 0 Å². The normalized spacial score (nSPS) is 23.3. The Bertz CT molecular complexity index is 1360. The molecule has 8 heteroatoms. The zero-order valence-corrected chi connectivity index (χ0v) is 19.6. The minimum absolute atomic E-state index is 0.188. The summed E-state index contributed by atoms with van der Waals surface area (Å²) in [5, 5.41) is 18.9. The molecule has 0 unspecified atom stereocenters. The number of aromatic amines is 1. The second kappa shape index (κ2) is 9.63. The number of aromatic nitrogens is 2. The number of rotatable bonds is 7. The molecule has 0 radical (unpaired) electrons. The van der Waals surface area contributed by atoms with Crippen LogP contribution in [0.5, 0.6) is 5.88 Å². The first-order valence-corrected chi connectivity index (χ1v) is 12.2. The number of aliphatic hydroxyl groups excluding tert-OH is 2. The molecule has 2 aromatic carbocycles. The second-order valence-electron chi connectivity index (χ2n) is 9.31. The Balaban J connectivity index is 1.20. The van der Waals surface area contributed by atoms with Gasteiger partial charge in [-0.05, 0) is 29.5 Å². The standard InChI is InChI=1S/C28H27FN2O5/c29-20-12-21-22(13-25(30-21)36-24-15-35-27-23(33)14-34-28(24)27)31-26(20)19-9-7-18(8-10-19)17-5-3-16(4-6-17)2-1-11-32/h3-10,12-13,23-24,27-28,30,32-33H,1-2,11,14-15H2/t23-,24-,27-,28-/m1/s1. The van der Waals surface area contributed by atoms with E-state index in [0.29, 0.717) is 29.1 Å². The Morgan fingerprint density at radius 1 is 0.944 bits per heavy atom. The SMILES string of the molecule is OCCCc1ccc(-c2ccc(-c3nc4cc(O[C@@H]5CO[C@H]6[C@@H]5OC[C@H]6O)[nH]c4cc3F)cc2)cc1. The lowest BCUT2D eigenvalue weighted by atomic mass is 10.00. The molecule has 2 aromatic heterocycles. The number of aryl methyl sites for hydroxylation is 1. The molecular weight excluding hydrogens is 463 g/mol. The predicted octanol–water partition coefficient (Wildman–Crippen LogP) is 3.87. The molecule has 0 amide bonds. The Hall–Kier alpha value is -3.30. The first-order chi connectivity index (χ1) is 17.6. The van der Waals surface area contributed by atoms with E-state index < -0.39 is 11.9 Å². The summed E-state index contributed by atoms with van der Waals surface area (Å²) in [5.41, 5.74) is 5.36. The summed E-state index contributed by atoms with van der Waals surface area (Å²) in [6, 6.07) is 19.1. The Labute approximate surface area is 207 Å². The van der Waals surface area contributed by atoms with E-state index in [1.54, 1.807) is 6.07 Å². The number of ether oxygens (including phenoxy) is 3. The maximum absolute atomic E-state index is 15.0. The Kier molecular flexibility index (Phi) is 6.18. The molecule has 0 aliphatic carbocycles. The summed E-state index contributed by atoms with van der Waals surface area (Å²) < 4.78 is 32.2. The highest BCUT2D eigenvalue weighted by Crippen LogP contribution is 2.32. The number of nitrogens with zero attached hydrogens (tertiary/aromatic N) is 1. The van der Waals surface area contributed by atoms with Crippen molar-refractivity contribution in [2.75, 3.05) is 19.8 Å². The van der Waals surface area contributed by atoms with Crippen LogP contribution in [-0.4, -0.2) is 64.4 Å². The van der Waals surface area contributed by atoms with Gasteiger partial charge in [-0.1, -0.05) is 48.5 Å². The molecule has 6 rings (SSSR count). The fraction of sp³-hybridized carbons (Fsp3) is 0.321. The van der Waals surface area contributed by atoms with E-state index >= 15 is 0 Å². The van der Waals surface area contributed by atoms with Crippen molar-refractivity contribution in [3.63, 3.8) is 0 Å². The number of H-pyrrole nitrogens is 1. The van der Waals surface area contributed by atoms with Crippen molar-refractivity contribution in [2.24, 2.45) is 0 Å². The average molecular weight is 491 g/mol. The van der Waals surface area contributed by atoms with E-state index in [1.165, 1.54) is 11.6 Å². The van der Waals surface area contributed by atoms with Gasteiger partial charge in [0.1, 0.15) is 24.0 Å². The smallest absolute Gasteiger partial charge is 0.193 e. The number of benzene rings is 2. The van der Waals surface area contributed by atoms with E-state index in [9.17, 15) is 9.50 Å². The number of halogens is 1. The van der Waals surface area contributed by atoms with Gasteiger partial charge in [0.15, 0.2) is 17.8 Å². The van der Waals surface area contributed by atoms with E-state index in [0.717, 1.165) is 24.0 Å². The van der Waals surface area contributed by atoms with Gasteiger partial charge in [0.05, 0.1) is 24.2 Å². The van der Waals surface area contributed by atoms with Crippen molar-refractivity contribution in [2.45, 2.75) is 37.3 Å². The molecular formula is C28H27FN2O5. The lowest BCUT2D eigenvalue weighted by Gasteiger charge is -2.16. The first-order valence-electron chi connectivity index (χ1n) is 12.2. The number of hydrogen-bond acceptors (Lipinski definition) is 6. The van der Waals surface area contributed by atoms with Gasteiger partial charge in [-0.3, -0.25) is 0 Å². The molecule has 4 atom stereocenters. The van der Waals surface area contributed by atoms with E-state index in [-0.39, 0.29) is 37.2 Å². The lowest BCUT2D eigenvalue weighted by Crippen LogP contribution is -2.34. The maximum Gasteiger partial charge on any atom is 0.193 e. The molecule has 7 nitrogen and oxygen atoms in total.